The quantitative estimate of drug-likeness (QED) is 0.527. The van der Waals surface area contributed by atoms with Crippen molar-refractivity contribution < 1.29 is 14.6 Å². The normalized spacial score (nSPS) is 10.5. The number of ether oxygens (including phenoxy) is 2. The fourth-order valence-electron chi connectivity index (χ4n) is 2.60. The van der Waals surface area contributed by atoms with E-state index < -0.39 is 0 Å². The third-order valence-electron chi connectivity index (χ3n) is 3.75. The molecule has 0 fully saturated rings. The molecule has 0 aliphatic rings. The van der Waals surface area contributed by atoms with Crippen LogP contribution in [0.5, 0.6) is 11.5 Å². The summed E-state index contributed by atoms with van der Waals surface area (Å²) in [6.07, 6.45) is 0. The van der Waals surface area contributed by atoms with Crippen LogP contribution in [0.4, 0.5) is 17.5 Å². The Morgan fingerprint density at radius 3 is 2.57 bits per heavy atom. The van der Waals surface area contributed by atoms with Crippen molar-refractivity contribution in [2.45, 2.75) is 6.92 Å². The lowest BCUT2D eigenvalue weighted by atomic mass is 10.1. The number of nitrogen functional groups attached to an aromatic ring is 1. The zero-order valence-electron chi connectivity index (χ0n) is 15.4. The van der Waals surface area contributed by atoms with Crippen molar-refractivity contribution in [2.24, 2.45) is 0 Å². The van der Waals surface area contributed by atoms with Crippen LogP contribution in [0.15, 0.2) is 48.5 Å². The highest BCUT2D eigenvalue weighted by atomic mass is 35.5. The van der Waals surface area contributed by atoms with Gasteiger partial charge in [0.05, 0.1) is 18.9 Å². The van der Waals surface area contributed by atoms with Crippen LogP contribution in [0.25, 0.3) is 11.3 Å². The SMILES string of the molecule is CCOc1ccc(Cl)cc1-c1cc(Nc2ccc(OCCO)cc2)nc(N)n1. The molecule has 0 amide bonds. The first-order valence-corrected chi connectivity index (χ1v) is 9.15. The van der Waals surface area contributed by atoms with Gasteiger partial charge in [-0.3, -0.25) is 0 Å². The molecule has 0 aliphatic heterocycles. The Balaban J connectivity index is 1.87. The van der Waals surface area contributed by atoms with Gasteiger partial charge >= 0.3 is 0 Å². The highest BCUT2D eigenvalue weighted by molar-refractivity contribution is 6.31. The van der Waals surface area contributed by atoms with E-state index in [1.165, 1.54) is 0 Å². The largest absolute Gasteiger partial charge is 0.493 e. The van der Waals surface area contributed by atoms with Gasteiger partial charge in [-0.05, 0) is 49.4 Å². The third kappa shape index (κ3) is 5.03. The number of aliphatic hydroxyl groups excluding tert-OH is 1. The Morgan fingerprint density at radius 1 is 1.07 bits per heavy atom. The molecule has 0 saturated carbocycles. The Kier molecular flexibility index (Phi) is 6.52. The average Bonchev–Trinajstić information content (AvgIpc) is 2.68. The Labute approximate surface area is 168 Å². The monoisotopic (exact) mass is 400 g/mol. The summed E-state index contributed by atoms with van der Waals surface area (Å²) in [6.45, 7) is 2.65. The van der Waals surface area contributed by atoms with Crippen molar-refractivity contribution in [3.05, 3.63) is 53.6 Å². The molecule has 3 aromatic rings. The number of halogens is 1. The van der Waals surface area contributed by atoms with Gasteiger partial charge < -0.3 is 25.6 Å². The smallest absolute Gasteiger partial charge is 0.222 e. The number of rotatable bonds is 8. The summed E-state index contributed by atoms with van der Waals surface area (Å²) in [7, 11) is 0. The van der Waals surface area contributed by atoms with E-state index in [9.17, 15) is 0 Å². The van der Waals surface area contributed by atoms with E-state index in [1.54, 1.807) is 36.4 Å². The van der Waals surface area contributed by atoms with Gasteiger partial charge in [0, 0.05) is 22.3 Å². The summed E-state index contributed by atoms with van der Waals surface area (Å²) < 4.78 is 11.0. The highest BCUT2D eigenvalue weighted by Crippen LogP contribution is 2.33. The lowest BCUT2D eigenvalue weighted by molar-refractivity contribution is 0.201. The molecular formula is C20H21ClN4O3. The van der Waals surface area contributed by atoms with Crippen molar-refractivity contribution in [1.29, 1.82) is 0 Å². The minimum absolute atomic E-state index is 0.0315. The number of aromatic nitrogens is 2. The van der Waals surface area contributed by atoms with Crippen molar-refractivity contribution in [1.82, 2.24) is 9.97 Å². The first-order chi connectivity index (χ1) is 13.6. The average molecular weight is 401 g/mol. The van der Waals surface area contributed by atoms with E-state index in [2.05, 4.69) is 15.3 Å². The van der Waals surface area contributed by atoms with Gasteiger partial charge in [0.15, 0.2) is 0 Å². The highest BCUT2D eigenvalue weighted by Gasteiger charge is 2.12. The predicted octanol–water partition coefficient (Wildman–Crippen LogP) is 3.89. The molecule has 0 radical (unpaired) electrons. The molecule has 0 atom stereocenters. The molecule has 0 saturated heterocycles. The van der Waals surface area contributed by atoms with Crippen LogP contribution in [0.3, 0.4) is 0 Å². The van der Waals surface area contributed by atoms with E-state index in [1.807, 2.05) is 19.1 Å². The van der Waals surface area contributed by atoms with Crippen molar-refractivity contribution >= 4 is 29.1 Å². The van der Waals surface area contributed by atoms with E-state index in [0.717, 1.165) is 11.3 Å². The second-order valence-electron chi connectivity index (χ2n) is 5.79. The van der Waals surface area contributed by atoms with Crippen molar-refractivity contribution in [3.8, 4) is 22.8 Å². The number of hydrogen-bond acceptors (Lipinski definition) is 7. The molecule has 28 heavy (non-hydrogen) atoms. The van der Waals surface area contributed by atoms with Gasteiger partial charge in [-0.25, -0.2) is 4.98 Å². The van der Waals surface area contributed by atoms with Gasteiger partial charge in [-0.1, -0.05) is 11.6 Å². The second-order valence-corrected chi connectivity index (χ2v) is 6.23. The summed E-state index contributed by atoms with van der Waals surface area (Å²) >= 11 is 6.15. The van der Waals surface area contributed by atoms with Gasteiger partial charge in [-0.15, -0.1) is 0 Å². The van der Waals surface area contributed by atoms with Gasteiger partial charge in [-0.2, -0.15) is 4.98 Å². The first-order valence-electron chi connectivity index (χ1n) is 8.77. The molecule has 0 aliphatic carbocycles. The molecule has 2 aromatic carbocycles. The number of nitrogens with two attached hydrogens (primary N) is 1. The molecule has 1 aromatic heterocycles. The molecular weight excluding hydrogens is 380 g/mol. The minimum Gasteiger partial charge on any atom is -0.493 e. The van der Waals surface area contributed by atoms with Crippen LogP contribution in [-0.2, 0) is 0 Å². The Bertz CT molecular complexity index is 935. The van der Waals surface area contributed by atoms with Crippen LogP contribution in [0.2, 0.25) is 5.02 Å². The molecule has 1 heterocycles. The second kappa shape index (κ2) is 9.25. The van der Waals surface area contributed by atoms with Crippen LogP contribution in [-0.4, -0.2) is 34.9 Å². The van der Waals surface area contributed by atoms with Crippen LogP contribution >= 0.6 is 11.6 Å². The molecule has 0 spiro atoms. The number of nitrogens with one attached hydrogen (secondary N) is 1. The van der Waals surface area contributed by atoms with E-state index in [-0.39, 0.29) is 19.2 Å². The molecule has 8 heteroatoms. The van der Waals surface area contributed by atoms with Crippen LogP contribution < -0.4 is 20.5 Å². The molecule has 3 rings (SSSR count). The number of anilines is 3. The topological polar surface area (TPSA) is 103 Å². The van der Waals surface area contributed by atoms with Gasteiger partial charge in [0.1, 0.15) is 23.9 Å². The maximum atomic E-state index is 8.81. The fourth-order valence-corrected chi connectivity index (χ4v) is 2.77. The van der Waals surface area contributed by atoms with E-state index in [0.29, 0.717) is 34.6 Å². The summed E-state index contributed by atoms with van der Waals surface area (Å²) in [5.41, 5.74) is 8.05. The Morgan fingerprint density at radius 2 is 1.86 bits per heavy atom. The lowest BCUT2D eigenvalue weighted by Gasteiger charge is -2.13. The van der Waals surface area contributed by atoms with Crippen LogP contribution in [0, 0.1) is 0 Å². The van der Waals surface area contributed by atoms with Gasteiger partial charge in [0.2, 0.25) is 5.95 Å². The maximum Gasteiger partial charge on any atom is 0.222 e. The zero-order chi connectivity index (χ0) is 19.9. The number of nitrogens with zero attached hydrogens (tertiary/aromatic N) is 2. The third-order valence-corrected chi connectivity index (χ3v) is 3.98. The molecule has 0 unspecified atom stereocenters. The summed E-state index contributed by atoms with van der Waals surface area (Å²) in [4.78, 5) is 8.56. The first kappa shape index (κ1) is 19.7. The van der Waals surface area contributed by atoms with E-state index >= 15 is 0 Å². The summed E-state index contributed by atoms with van der Waals surface area (Å²) in [6, 6.07) is 14.4. The number of aliphatic hydroxyl groups is 1. The molecule has 7 nitrogen and oxygen atoms in total. The van der Waals surface area contributed by atoms with Crippen LogP contribution in [0.1, 0.15) is 6.92 Å². The van der Waals surface area contributed by atoms with Crippen molar-refractivity contribution in [3.63, 3.8) is 0 Å². The molecule has 146 valence electrons. The maximum absolute atomic E-state index is 8.81. The lowest BCUT2D eigenvalue weighted by Crippen LogP contribution is -2.03. The predicted molar refractivity (Wildman–Crippen MR) is 110 cm³/mol. The number of benzene rings is 2. The zero-order valence-corrected chi connectivity index (χ0v) is 16.1. The number of hydrogen-bond donors (Lipinski definition) is 3. The van der Waals surface area contributed by atoms with Gasteiger partial charge in [0.25, 0.3) is 0 Å². The molecule has 4 N–H and O–H groups in total. The Hall–Kier alpha value is -3.03. The van der Waals surface area contributed by atoms with Crippen molar-refractivity contribution in [2.75, 3.05) is 30.9 Å². The summed E-state index contributed by atoms with van der Waals surface area (Å²) in [5.74, 6) is 2.00. The fraction of sp³-hybridized carbons (Fsp3) is 0.200. The standard InChI is InChI=1S/C20H21ClN4O3/c1-2-27-18-8-3-13(21)11-16(18)17-12-19(25-20(22)24-17)23-14-4-6-15(7-5-14)28-10-9-26/h3-8,11-12,26H,2,9-10H2,1H3,(H3,22,23,24,25). The summed E-state index contributed by atoms with van der Waals surface area (Å²) in [5, 5.41) is 12.6. The minimum atomic E-state index is -0.0315. The van der Waals surface area contributed by atoms with E-state index in [4.69, 9.17) is 31.9 Å². The molecule has 0 bridgehead atoms.